The Morgan fingerprint density at radius 3 is 2.88 bits per heavy atom. The topological polar surface area (TPSA) is 64.1 Å². The molecule has 1 atom stereocenters. The van der Waals surface area contributed by atoms with E-state index in [-0.39, 0.29) is 12.0 Å². The molecule has 1 heterocycles. The van der Waals surface area contributed by atoms with E-state index >= 15 is 0 Å². The number of hydrogen-bond donors (Lipinski definition) is 1. The minimum absolute atomic E-state index is 0.208. The molecule has 1 aromatic rings. The lowest BCUT2D eigenvalue weighted by Gasteiger charge is -2.14. The van der Waals surface area contributed by atoms with E-state index in [2.05, 4.69) is 15.5 Å². The zero-order chi connectivity index (χ0) is 12.7. The van der Waals surface area contributed by atoms with E-state index in [4.69, 9.17) is 4.74 Å². The first kappa shape index (κ1) is 14.4. The second-order valence-electron chi connectivity index (χ2n) is 3.36. The van der Waals surface area contributed by atoms with Crippen molar-refractivity contribution in [2.75, 3.05) is 19.4 Å². The summed E-state index contributed by atoms with van der Waals surface area (Å²) >= 11 is 3.19. The van der Waals surface area contributed by atoms with Crippen LogP contribution in [0.4, 0.5) is 0 Å². The number of carbonyl (C=O) groups excluding carboxylic acids is 1. The van der Waals surface area contributed by atoms with Crippen LogP contribution in [0.15, 0.2) is 4.34 Å². The van der Waals surface area contributed by atoms with Crippen LogP contribution in [0.25, 0.3) is 0 Å². The molecule has 0 aliphatic heterocycles. The van der Waals surface area contributed by atoms with Crippen molar-refractivity contribution in [3.8, 4) is 0 Å². The monoisotopic (exact) mass is 275 g/mol. The van der Waals surface area contributed by atoms with Gasteiger partial charge in [0.15, 0.2) is 4.34 Å². The van der Waals surface area contributed by atoms with E-state index in [9.17, 15) is 4.79 Å². The van der Waals surface area contributed by atoms with Crippen molar-refractivity contribution in [1.82, 2.24) is 15.5 Å². The third kappa shape index (κ3) is 5.01. The molecule has 5 nitrogen and oxygen atoms in total. The van der Waals surface area contributed by atoms with Crippen LogP contribution in [-0.2, 0) is 9.53 Å². The molecule has 0 saturated heterocycles. The molecule has 0 amide bonds. The third-order valence-electron chi connectivity index (χ3n) is 2.08. The molecule has 0 aliphatic rings. The lowest BCUT2D eigenvalue weighted by Crippen LogP contribution is -2.37. The summed E-state index contributed by atoms with van der Waals surface area (Å²) in [6.07, 6.45) is 0.726. The molecule has 0 spiro atoms. The van der Waals surface area contributed by atoms with Crippen molar-refractivity contribution >= 4 is 29.1 Å². The Bertz CT molecular complexity index is 357. The molecule has 0 aliphatic carbocycles. The van der Waals surface area contributed by atoms with Crippen LogP contribution in [0.5, 0.6) is 0 Å². The summed E-state index contributed by atoms with van der Waals surface area (Å²) < 4.78 is 5.68. The first-order valence-electron chi connectivity index (χ1n) is 5.41. The first-order valence-corrected chi connectivity index (χ1v) is 7.21. The Labute approximate surface area is 109 Å². The molecule has 0 fully saturated rings. The normalized spacial score (nSPS) is 12.4. The summed E-state index contributed by atoms with van der Waals surface area (Å²) in [7, 11) is 1.41. The highest BCUT2D eigenvalue weighted by Crippen LogP contribution is 2.22. The minimum Gasteiger partial charge on any atom is -0.468 e. The number of likely N-dealkylation sites (N-methyl/N-ethyl adjacent to an activating group) is 1. The molecule has 1 rings (SSSR count). The fourth-order valence-corrected chi connectivity index (χ4v) is 3.18. The number of ether oxygens (including phenoxy) is 1. The van der Waals surface area contributed by atoms with Crippen LogP contribution in [0.3, 0.4) is 0 Å². The van der Waals surface area contributed by atoms with Crippen LogP contribution in [0, 0.1) is 6.92 Å². The largest absolute Gasteiger partial charge is 0.468 e. The van der Waals surface area contributed by atoms with E-state index in [1.807, 2.05) is 13.8 Å². The number of nitrogens with one attached hydrogen (secondary N) is 1. The maximum Gasteiger partial charge on any atom is 0.322 e. The lowest BCUT2D eigenvalue weighted by atomic mass is 10.2. The van der Waals surface area contributed by atoms with Crippen molar-refractivity contribution in [3.05, 3.63) is 5.01 Å². The Morgan fingerprint density at radius 2 is 2.35 bits per heavy atom. The van der Waals surface area contributed by atoms with Gasteiger partial charge < -0.3 is 10.1 Å². The Morgan fingerprint density at radius 1 is 1.59 bits per heavy atom. The van der Waals surface area contributed by atoms with Gasteiger partial charge in [-0.3, -0.25) is 4.79 Å². The average Bonchev–Trinajstić information content (AvgIpc) is 2.73. The SMILES string of the molecule is CCNC(CCSc1nnc(C)s1)C(=O)OC. The number of nitrogens with zero attached hydrogens (tertiary/aromatic N) is 2. The molecular weight excluding hydrogens is 258 g/mol. The van der Waals surface area contributed by atoms with Gasteiger partial charge in [0.05, 0.1) is 7.11 Å². The maximum atomic E-state index is 11.4. The number of aromatic nitrogens is 2. The molecule has 96 valence electrons. The average molecular weight is 275 g/mol. The highest BCUT2D eigenvalue weighted by Gasteiger charge is 2.17. The fraction of sp³-hybridized carbons (Fsp3) is 0.700. The van der Waals surface area contributed by atoms with Gasteiger partial charge in [0.25, 0.3) is 0 Å². The number of methoxy groups -OCH3 is 1. The van der Waals surface area contributed by atoms with Crippen molar-refractivity contribution in [3.63, 3.8) is 0 Å². The van der Waals surface area contributed by atoms with Gasteiger partial charge in [0, 0.05) is 5.75 Å². The number of hydrogen-bond acceptors (Lipinski definition) is 7. The molecule has 0 bridgehead atoms. The Hall–Kier alpha value is -0.660. The van der Waals surface area contributed by atoms with E-state index in [0.717, 1.165) is 28.1 Å². The van der Waals surface area contributed by atoms with Crippen molar-refractivity contribution in [2.45, 2.75) is 30.6 Å². The van der Waals surface area contributed by atoms with Crippen LogP contribution < -0.4 is 5.32 Å². The summed E-state index contributed by atoms with van der Waals surface area (Å²) in [5.74, 6) is 0.613. The van der Waals surface area contributed by atoms with Crippen LogP contribution in [0.2, 0.25) is 0 Å². The molecule has 1 aromatic heterocycles. The highest BCUT2D eigenvalue weighted by molar-refractivity contribution is 8.01. The molecule has 7 heteroatoms. The summed E-state index contributed by atoms with van der Waals surface area (Å²) in [5.41, 5.74) is 0. The highest BCUT2D eigenvalue weighted by atomic mass is 32.2. The number of rotatable bonds is 7. The number of aryl methyl sites for hydroxylation is 1. The van der Waals surface area contributed by atoms with Gasteiger partial charge in [-0.15, -0.1) is 10.2 Å². The molecule has 1 unspecified atom stereocenters. The van der Waals surface area contributed by atoms with Crippen molar-refractivity contribution in [1.29, 1.82) is 0 Å². The molecular formula is C10H17N3O2S2. The van der Waals surface area contributed by atoms with Gasteiger partial charge in [0.1, 0.15) is 11.0 Å². The third-order valence-corrected chi connectivity index (χ3v) is 4.08. The van der Waals surface area contributed by atoms with E-state index < -0.39 is 0 Å². The van der Waals surface area contributed by atoms with Crippen LogP contribution >= 0.6 is 23.1 Å². The second-order valence-corrected chi connectivity index (χ2v) is 5.88. The quantitative estimate of drug-likeness (QED) is 0.600. The van der Waals surface area contributed by atoms with E-state index in [1.54, 1.807) is 23.1 Å². The summed E-state index contributed by atoms with van der Waals surface area (Å²) in [6, 6.07) is -0.230. The van der Waals surface area contributed by atoms with Gasteiger partial charge in [-0.1, -0.05) is 30.0 Å². The predicted octanol–water partition coefficient (Wildman–Crippen LogP) is 1.48. The van der Waals surface area contributed by atoms with Crippen molar-refractivity contribution < 1.29 is 9.53 Å². The number of carbonyl (C=O) groups is 1. The Kier molecular flexibility index (Phi) is 6.46. The standard InChI is InChI=1S/C10H17N3O2S2/c1-4-11-8(9(14)15-3)5-6-16-10-13-12-7(2)17-10/h8,11H,4-6H2,1-3H3. The molecule has 1 N–H and O–H groups in total. The summed E-state index contributed by atoms with van der Waals surface area (Å²) in [6.45, 7) is 4.65. The predicted molar refractivity (Wildman–Crippen MR) is 69.5 cm³/mol. The smallest absolute Gasteiger partial charge is 0.322 e. The van der Waals surface area contributed by atoms with Crippen molar-refractivity contribution in [2.24, 2.45) is 0 Å². The van der Waals surface area contributed by atoms with Gasteiger partial charge in [-0.25, -0.2) is 0 Å². The van der Waals surface area contributed by atoms with E-state index in [1.165, 1.54) is 7.11 Å². The fourth-order valence-electron chi connectivity index (χ4n) is 1.29. The van der Waals surface area contributed by atoms with Gasteiger partial charge >= 0.3 is 5.97 Å². The number of esters is 1. The maximum absolute atomic E-state index is 11.4. The zero-order valence-electron chi connectivity index (χ0n) is 10.2. The van der Waals surface area contributed by atoms with Gasteiger partial charge in [0.2, 0.25) is 0 Å². The van der Waals surface area contributed by atoms with E-state index in [0.29, 0.717) is 0 Å². The van der Waals surface area contributed by atoms with Gasteiger partial charge in [-0.05, 0) is 19.9 Å². The summed E-state index contributed by atoms with van der Waals surface area (Å²) in [4.78, 5) is 11.4. The van der Waals surface area contributed by atoms with Gasteiger partial charge in [-0.2, -0.15) is 0 Å². The molecule has 17 heavy (non-hydrogen) atoms. The second kappa shape index (κ2) is 7.62. The lowest BCUT2D eigenvalue weighted by molar-refractivity contribution is -0.143. The first-order chi connectivity index (χ1) is 8.17. The summed E-state index contributed by atoms with van der Waals surface area (Å²) in [5, 5.41) is 12.0. The van der Waals surface area contributed by atoms with Crippen LogP contribution in [0.1, 0.15) is 18.4 Å². The van der Waals surface area contributed by atoms with Crippen LogP contribution in [-0.4, -0.2) is 41.6 Å². The molecule has 0 aromatic carbocycles. The minimum atomic E-state index is -0.230. The molecule has 0 radical (unpaired) electrons. The Balaban J connectivity index is 2.34. The zero-order valence-corrected chi connectivity index (χ0v) is 11.9. The molecule has 0 saturated carbocycles. The number of thioether (sulfide) groups is 1.